The Bertz CT molecular complexity index is 494. The summed E-state index contributed by atoms with van der Waals surface area (Å²) in [7, 11) is 0. The highest BCUT2D eigenvalue weighted by atomic mass is 16.1. The van der Waals surface area contributed by atoms with E-state index in [1.54, 1.807) is 6.92 Å². The Kier molecular flexibility index (Phi) is 3.92. The second-order valence-electron chi connectivity index (χ2n) is 5.79. The monoisotopic (exact) mass is 273 g/mol. The number of rotatable bonds is 2. The van der Waals surface area contributed by atoms with E-state index < -0.39 is 0 Å². The molecule has 2 aliphatic rings. The fraction of sp³-hybridized carbons (Fsp3) is 0.562. The first-order valence-corrected chi connectivity index (χ1v) is 7.57. The predicted molar refractivity (Wildman–Crippen MR) is 81.2 cm³/mol. The van der Waals surface area contributed by atoms with Crippen LogP contribution in [0.3, 0.4) is 0 Å². The van der Waals surface area contributed by atoms with E-state index in [1.165, 1.54) is 16.8 Å². The Morgan fingerprint density at radius 2 is 2.15 bits per heavy atom. The van der Waals surface area contributed by atoms with Crippen LogP contribution >= 0.6 is 0 Å². The van der Waals surface area contributed by atoms with E-state index in [2.05, 4.69) is 33.7 Å². The van der Waals surface area contributed by atoms with Crippen LogP contribution in [0.25, 0.3) is 0 Å². The third-order valence-corrected chi connectivity index (χ3v) is 4.33. The average molecular weight is 273 g/mol. The normalized spacial score (nSPS) is 22.2. The van der Waals surface area contributed by atoms with Gasteiger partial charge in [-0.05, 0) is 36.5 Å². The summed E-state index contributed by atoms with van der Waals surface area (Å²) in [5, 5.41) is 6.48. The van der Waals surface area contributed by atoms with Gasteiger partial charge in [-0.15, -0.1) is 0 Å². The first-order chi connectivity index (χ1) is 9.74. The lowest BCUT2D eigenvalue weighted by Gasteiger charge is -2.34. The first kappa shape index (κ1) is 13.4. The minimum Gasteiger partial charge on any atom is -0.369 e. The number of benzene rings is 1. The molecule has 108 valence electrons. The number of carbonyl (C=O) groups excluding carboxylic acids is 1. The van der Waals surface area contributed by atoms with E-state index in [0.717, 1.165) is 45.4 Å². The summed E-state index contributed by atoms with van der Waals surface area (Å²) >= 11 is 0. The van der Waals surface area contributed by atoms with E-state index in [4.69, 9.17) is 0 Å². The van der Waals surface area contributed by atoms with E-state index in [0.29, 0.717) is 6.04 Å². The van der Waals surface area contributed by atoms with Crippen LogP contribution in [0.1, 0.15) is 24.5 Å². The Morgan fingerprint density at radius 1 is 1.35 bits per heavy atom. The van der Waals surface area contributed by atoms with Gasteiger partial charge in [-0.3, -0.25) is 4.79 Å². The van der Waals surface area contributed by atoms with Gasteiger partial charge in [-0.1, -0.05) is 12.1 Å². The molecule has 0 aromatic heterocycles. The highest BCUT2D eigenvalue weighted by molar-refractivity contribution is 5.73. The van der Waals surface area contributed by atoms with Crippen LogP contribution in [0.15, 0.2) is 18.2 Å². The van der Waals surface area contributed by atoms with Gasteiger partial charge >= 0.3 is 0 Å². The van der Waals surface area contributed by atoms with Gasteiger partial charge in [-0.2, -0.15) is 0 Å². The molecule has 4 heteroatoms. The number of nitrogens with zero attached hydrogens (tertiary/aromatic N) is 1. The molecule has 1 aromatic rings. The van der Waals surface area contributed by atoms with Crippen molar-refractivity contribution >= 4 is 11.6 Å². The van der Waals surface area contributed by atoms with Crippen molar-refractivity contribution in [2.45, 2.75) is 32.2 Å². The van der Waals surface area contributed by atoms with Crippen molar-refractivity contribution in [3.05, 3.63) is 29.3 Å². The molecule has 1 aromatic carbocycles. The molecule has 1 fully saturated rings. The van der Waals surface area contributed by atoms with Crippen LogP contribution in [-0.2, 0) is 17.6 Å². The summed E-state index contributed by atoms with van der Waals surface area (Å²) in [4.78, 5) is 13.8. The van der Waals surface area contributed by atoms with E-state index in [1.807, 2.05) is 0 Å². The molecule has 0 spiro atoms. The maximum Gasteiger partial charge on any atom is 0.217 e. The molecular formula is C16H23N3O. The lowest BCUT2D eigenvalue weighted by atomic mass is 9.86. The topological polar surface area (TPSA) is 44.4 Å². The van der Waals surface area contributed by atoms with Crippen LogP contribution in [-0.4, -0.2) is 38.1 Å². The van der Waals surface area contributed by atoms with Gasteiger partial charge < -0.3 is 15.5 Å². The second kappa shape index (κ2) is 5.83. The highest BCUT2D eigenvalue weighted by Gasteiger charge is 2.23. The van der Waals surface area contributed by atoms with Crippen molar-refractivity contribution in [1.82, 2.24) is 10.6 Å². The molecule has 4 nitrogen and oxygen atoms in total. The zero-order chi connectivity index (χ0) is 13.9. The SMILES string of the molecule is CC(=O)NC1CCc2cccc(N3CCNCC3)c2C1. The second-order valence-corrected chi connectivity index (χ2v) is 5.79. The number of nitrogens with one attached hydrogen (secondary N) is 2. The van der Waals surface area contributed by atoms with Gasteiger partial charge in [0.05, 0.1) is 0 Å². The number of anilines is 1. The number of hydrogen-bond donors (Lipinski definition) is 2. The van der Waals surface area contributed by atoms with Crippen LogP contribution in [0.4, 0.5) is 5.69 Å². The number of aryl methyl sites for hydroxylation is 1. The van der Waals surface area contributed by atoms with Gasteiger partial charge in [0.2, 0.25) is 5.91 Å². The predicted octanol–water partition coefficient (Wildman–Crippen LogP) is 1.09. The molecule has 0 bridgehead atoms. The molecule has 1 unspecified atom stereocenters. The fourth-order valence-corrected chi connectivity index (χ4v) is 3.38. The average Bonchev–Trinajstić information content (AvgIpc) is 2.47. The summed E-state index contributed by atoms with van der Waals surface area (Å²) < 4.78 is 0. The zero-order valence-electron chi connectivity index (χ0n) is 12.1. The summed E-state index contributed by atoms with van der Waals surface area (Å²) in [5.74, 6) is 0.0816. The summed E-state index contributed by atoms with van der Waals surface area (Å²) in [6.07, 6.45) is 3.09. The summed E-state index contributed by atoms with van der Waals surface area (Å²) in [5.41, 5.74) is 4.28. The lowest BCUT2D eigenvalue weighted by molar-refractivity contribution is -0.119. The smallest absolute Gasteiger partial charge is 0.217 e. The van der Waals surface area contributed by atoms with Crippen LogP contribution in [0, 0.1) is 0 Å². The number of carbonyl (C=O) groups is 1. The number of fused-ring (bicyclic) bond motifs is 1. The van der Waals surface area contributed by atoms with Crippen molar-refractivity contribution in [3.63, 3.8) is 0 Å². The fourth-order valence-electron chi connectivity index (χ4n) is 3.38. The molecule has 3 rings (SSSR count). The quantitative estimate of drug-likeness (QED) is 0.848. The van der Waals surface area contributed by atoms with E-state index in [9.17, 15) is 4.79 Å². The Hall–Kier alpha value is -1.55. The van der Waals surface area contributed by atoms with Crippen molar-refractivity contribution in [1.29, 1.82) is 0 Å². The first-order valence-electron chi connectivity index (χ1n) is 7.57. The van der Waals surface area contributed by atoms with Crippen molar-refractivity contribution < 1.29 is 4.79 Å². The zero-order valence-corrected chi connectivity index (χ0v) is 12.1. The molecule has 1 heterocycles. The number of piperazine rings is 1. The maximum atomic E-state index is 11.3. The molecule has 2 N–H and O–H groups in total. The lowest BCUT2D eigenvalue weighted by Crippen LogP contribution is -2.44. The third-order valence-electron chi connectivity index (χ3n) is 4.33. The molecule has 0 radical (unpaired) electrons. The molecule has 1 saturated heterocycles. The Morgan fingerprint density at radius 3 is 2.90 bits per heavy atom. The van der Waals surface area contributed by atoms with Crippen molar-refractivity contribution in [2.24, 2.45) is 0 Å². The third kappa shape index (κ3) is 2.80. The molecular weight excluding hydrogens is 250 g/mol. The van der Waals surface area contributed by atoms with Crippen molar-refractivity contribution in [3.8, 4) is 0 Å². The minimum atomic E-state index is 0.0816. The molecule has 1 amide bonds. The summed E-state index contributed by atoms with van der Waals surface area (Å²) in [6.45, 7) is 5.86. The molecule has 0 saturated carbocycles. The van der Waals surface area contributed by atoms with Crippen LogP contribution in [0.2, 0.25) is 0 Å². The Balaban J connectivity index is 1.84. The van der Waals surface area contributed by atoms with Gasteiger partial charge in [-0.25, -0.2) is 0 Å². The maximum absolute atomic E-state index is 11.3. The molecule has 1 atom stereocenters. The van der Waals surface area contributed by atoms with Crippen LogP contribution in [0.5, 0.6) is 0 Å². The van der Waals surface area contributed by atoms with Gasteiger partial charge in [0.15, 0.2) is 0 Å². The number of hydrogen-bond acceptors (Lipinski definition) is 3. The van der Waals surface area contributed by atoms with E-state index in [-0.39, 0.29) is 5.91 Å². The summed E-state index contributed by atoms with van der Waals surface area (Å²) in [6, 6.07) is 6.95. The molecule has 20 heavy (non-hydrogen) atoms. The Labute approximate surface area is 120 Å². The van der Waals surface area contributed by atoms with Gasteiger partial charge in [0.1, 0.15) is 0 Å². The largest absolute Gasteiger partial charge is 0.369 e. The van der Waals surface area contributed by atoms with Gasteiger partial charge in [0.25, 0.3) is 0 Å². The minimum absolute atomic E-state index is 0.0816. The van der Waals surface area contributed by atoms with Crippen LogP contribution < -0.4 is 15.5 Å². The van der Waals surface area contributed by atoms with Crippen molar-refractivity contribution in [2.75, 3.05) is 31.1 Å². The molecule has 1 aliphatic carbocycles. The van der Waals surface area contributed by atoms with Gasteiger partial charge in [0, 0.05) is 44.8 Å². The highest BCUT2D eigenvalue weighted by Crippen LogP contribution is 2.30. The molecule has 1 aliphatic heterocycles. The number of amides is 1. The standard InChI is InChI=1S/C16H23N3O/c1-12(20)18-14-6-5-13-3-2-4-16(15(13)11-14)19-9-7-17-8-10-19/h2-4,14,17H,5-11H2,1H3,(H,18,20). The van der Waals surface area contributed by atoms with E-state index >= 15 is 0 Å².